The van der Waals surface area contributed by atoms with Gasteiger partial charge in [-0.15, -0.1) is 0 Å². The van der Waals surface area contributed by atoms with Gasteiger partial charge in [-0.3, -0.25) is 0 Å². The van der Waals surface area contributed by atoms with Gasteiger partial charge < -0.3 is 10.6 Å². The van der Waals surface area contributed by atoms with Gasteiger partial charge in [-0.1, -0.05) is 0 Å². The second-order valence-electron chi connectivity index (χ2n) is 3.84. The zero-order chi connectivity index (χ0) is 12.5. The van der Waals surface area contributed by atoms with Crippen LogP contribution in [0.15, 0.2) is 12.1 Å². The van der Waals surface area contributed by atoms with Crippen molar-refractivity contribution in [3.8, 4) is 0 Å². The van der Waals surface area contributed by atoms with E-state index in [1.807, 2.05) is 13.8 Å². The van der Waals surface area contributed by atoms with Crippen molar-refractivity contribution in [3.63, 3.8) is 0 Å². The first-order valence-corrected chi connectivity index (χ1v) is 4.79. The predicted octanol–water partition coefficient (Wildman–Crippen LogP) is 2.53. The maximum atomic E-state index is 12.5. The van der Waals surface area contributed by atoms with E-state index in [-0.39, 0.29) is 17.7 Å². The summed E-state index contributed by atoms with van der Waals surface area (Å²) in [5.41, 5.74) is 4.58. The topological polar surface area (TPSA) is 42.1 Å². The van der Waals surface area contributed by atoms with Gasteiger partial charge in [-0.2, -0.15) is 13.2 Å². The molecule has 6 heteroatoms. The second-order valence-corrected chi connectivity index (χ2v) is 3.84. The second kappa shape index (κ2) is 4.19. The third kappa shape index (κ3) is 2.77. The van der Waals surface area contributed by atoms with E-state index < -0.39 is 11.7 Å². The average Bonchev–Trinajstić information content (AvgIpc) is 2.14. The van der Waals surface area contributed by atoms with Crippen molar-refractivity contribution in [2.45, 2.75) is 26.1 Å². The van der Waals surface area contributed by atoms with Crippen LogP contribution >= 0.6 is 0 Å². The number of hydrogen-bond acceptors (Lipinski definition) is 3. The molecule has 0 amide bonds. The molecule has 1 aromatic heterocycles. The maximum absolute atomic E-state index is 12.5. The highest BCUT2D eigenvalue weighted by Gasteiger charge is 2.31. The number of alkyl halides is 3. The van der Waals surface area contributed by atoms with Gasteiger partial charge in [0.15, 0.2) is 0 Å². The SMILES string of the molecule is CC(C)N(C)c1cc(C(F)(F)F)cc(N)n1. The molecule has 2 N–H and O–H groups in total. The molecule has 16 heavy (non-hydrogen) atoms. The van der Waals surface area contributed by atoms with Gasteiger partial charge in [0.25, 0.3) is 0 Å². The number of nitrogen functional groups attached to an aromatic ring is 1. The van der Waals surface area contributed by atoms with E-state index in [1.54, 1.807) is 11.9 Å². The molecule has 0 aliphatic heterocycles. The summed E-state index contributed by atoms with van der Waals surface area (Å²) in [4.78, 5) is 5.50. The fourth-order valence-corrected chi connectivity index (χ4v) is 1.15. The Hall–Kier alpha value is -1.46. The third-order valence-corrected chi connectivity index (χ3v) is 2.29. The van der Waals surface area contributed by atoms with Crippen molar-refractivity contribution in [1.82, 2.24) is 4.98 Å². The van der Waals surface area contributed by atoms with Gasteiger partial charge in [0.1, 0.15) is 11.6 Å². The lowest BCUT2D eigenvalue weighted by molar-refractivity contribution is -0.137. The van der Waals surface area contributed by atoms with Crippen LogP contribution in [0, 0.1) is 0 Å². The summed E-state index contributed by atoms with van der Waals surface area (Å²) >= 11 is 0. The first kappa shape index (κ1) is 12.6. The molecule has 0 aromatic carbocycles. The first-order valence-electron chi connectivity index (χ1n) is 4.79. The Morgan fingerprint density at radius 3 is 2.31 bits per heavy atom. The Kier molecular flexibility index (Phi) is 3.30. The van der Waals surface area contributed by atoms with Crippen LogP contribution in [0.25, 0.3) is 0 Å². The highest BCUT2D eigenvalue weighted by molar-refractivity contribution is 5.49. The molecule has 1 heterocycles. The van der Waals surface area contributed by atoms with Crippen molar-refractivity contribution in [1.29, 1.82) is 0 Å². The molecule has 0 atom stereocenters. The molecule has 0 spiro atoms. The fourth-order valence-electron chi connectivity index (χ4n) is 1.15. The van der Waals surface area contributed by atoms with E-state index in [0.717, 1.165) is 12.1 Å². The van der Waals surface area contributed by atoms with Crippen LogP contribution in [0.4, 0.5) is 24.8 Å². The van der Waals surface area contributed by atoms with E-state index >= 15 is 0 Å². The largest absolute Gasteiger partial charge is 0.416 e. The average molecular weight is 233 g/mol. The van der Waals surface area contributed by atoms with Gasteiger partial charge in [0.05, 0.1) is 5.56 Å². The van der Waals surface area contributed by atoms with E-state index in [9.17, 15) is 13.2 Å². The number of anilines is 2. The molecule has 0 aliphatic carbocycles. The summed E-state index contributed by atoms with van der Waals surface area (Å²) in [6, 6.07) is 1.88. The molecule has 3 nitrogen and oxygen atoms in total. The summed E-state index contributed by atoms with van der Waals surface area (Å²) in [6.45, 7) is 3.72. The zero-order valence-corrected chi connectivity index (χ0v) is 9.34. The summed E-state index contributed by atoms with van der Waals surface area (Å²) in [5, 5.41) is 0. The molecule has 0 radical (unpaired) electrons. The van der Waals surface area contributed by atoms with Crippen molar-refractivity contribution in [3.05, 3.63) is 17.7 Å². The minimum atomic E-state index is -4.40. The molecule has 0 aliphatic rings. The number of nitrogens with two attached hydrogens (primary N) is 1. The predicted molar refractivity (Wildman–Crippen MR) is 57.2 cm³/mol. The zero-order valence-electron chi connectivity index (χ0n) is 9.34. The van der Waals surface area contributed by atoms with Crippen molar-refractivity contribution in [2.75, 3.05) is 17.7 Å². The minimum absolute atomic E-state index is 0.0513. The lowest BCUT2D eigenvalue weighted by atomic mass is 10.2. The van der Waals surface area contributed by atoms with Crippen LogP contribution in [0.1, 0.15) is 19.4 Å². The van der Waals surface area contributed by atoms with Crippen LogP contribution in [-0.4, -0.2) is 18.1 Å². The smallest absolute Gasteiger partial charge is 0.384 e. The van der Waals surface area contributed by atoms with Gasteiger partial charge >= 0.3 is 6.18 Å². The Balaban J connectivity index is 3.18. The lowest BCUT2D eigenvalue weighted by Crippen LogP contribution is -2.27. The third-order valence-electron chi connectivity index (χ3n) is 2.29. The highest BCUT2D eigenvalue weighted by atomic mass is 19.4. The van der Waals surface area contributed by atoms with Crippen LogP contribution in [0.2, 0.25) is 0 Å². The Bertz CT molecular complexity index is 374. The number of hydrogen-bond donors (Lipinski definition) is 1. The molecular weight excluding hydrogens is 219 g/mol. The van der Waals surface area contributed by atoms with Crippen LogP contribution < -0.4 is 10.6 Å². The maximum Gasteiger partial charge on any atom is 0.416 e. The first-order chi connectivity index (χ1) is 7.21. The van der Waals surface area contributed by atoms with Crippen LogP contribution in [-0.2, 0) is 6.18 Å². The Morgan fingerprint density at radius 2 is 1.88 bits per heavy atom. The normalized spacial score (nSPS) is 11.9. The standard InChI is InChI=1S/C10H14F3N3/c1-6(2)16(3)9-5-7(10(11,12)13)4-8(14)15-9/h4-6H,1-3H3,(H2,14,15). The number of aromatic nitrogens is 1. The van der Waals surface area contributed by atoms with Crippen molar-refractivity contribution < 1.29 is 13.2 Å². The number of nitrogens with zero attached hydrogens (tertiary/aromatic N) is 2. The van der Waals surface area contributed by atoms with E-state index in [0.29, 0.717) is 0 Å². The summed E-state index contributed by atoms with van der Waals surface area (Å²) in [6.07, 6.45) is -4.40. The summed E-state index contributed by atoms with van der Waals surface area (Å²) < 4.78 is 37.5. The molecule has 0 fully saturated rings. The Labute approximate surface area is 92.1 Å². The molecule has 0 saturated carbocycles. The van der Waals surface area contributed by atoms with E-state index in [2.05, 4.69) is 4.98 Å². The number of rotatable bonds is 2. The summed E-state index contributed by atoms with van der Waals surface area (Å²) in [5.74, 6) is 0.0969. The van der Waals surface area contributed by atoms with E-state index in [4.69, 9.17) is 5.73 Å². The monoisotopic (exact) mass is 233 g/mol. The Morgan fingerprint density at radius 1 is 1.31 bits per heavy atom. The summed E-state index contributed by atoms with van der Waals surface area (Å²) in [7, 11) is 1.67. The van der Waals surface area contributed by atoms with Crippen molar-refractivity contribution in [2.24, 2.45) is 0 Å². The van der Waals surface area contributed by atoms with Gasteiger partial charge in [0, 0.05) is 13.1 Å². The van der Waals surface area contributed by atoms with E-state index in [1.165, 1.54) is 0 Å². The molecule has 90 valence electrons. The molecule has 0 bridgehead atoms. The number of halogens is 3. The fraction of sp³-hybridized carbons (Fsp3) is 0.500. The van der Waals surface area contributed by atoms with Crippen LogP contribution in [0.5, 0.6) is 0 Å². The van der Waals surface area contributed by atoms with Crippen molar-refractivity contribution >= 4 is 11.6 Å². The van der Waals surface area contributed by atoms with Gasteiger partial charge in [0.2, 0.25) is 0 Å². The quantitative estimate of drug-likeness (QED) is 0.853. The molecule has 1 rings (SSSR count). The lowest BCUT2D eigenvalue weighted by Gasteiger charge is -2.23. The molecular formula is C10H14F3N3. The van der Waals surface area contributed by atoms with Crippen LogP contribution in [0.3, 0.4) is 0 Å². The van der Waals surface area contributed by atoms with Gasteiger partial charge in [-0.25, -0.2) is 4.98 Å². The number of pyridine rings is 1. The molecule has 0 unspecified atom stereocenters. The molecule has 0 saturated heterocycles. The molecule has 1 aromatic rings. The minimum Gasteiger partial charge on any atom is -0.384 e. The van der Waals surface area contributed by atoms with Gasteiger partial charge in [-0.05, 0) is 26.0 Å². The highest BCUT2D eigenvalue weighted by Crippen LogP contribution is 2.32.